The van der Waals surface area contributed by atoms with Gasteiger partial charge < -0.3 is 4.74 Å². The van der Waals surface area contributed by atoms with Crippen LogP contribution in [0.15, 0.2) is 24.3 Å². The van der Waals surface area contributed by atoms with Gasteiger partial charge in [-0.15, -0.1) is 0 Å². The normalized spacial score (nSPS) is 21.1. The molecule has 0 spiro atoms. The van der Waals surface area contributed by atoms with Gasteiger partial charge in [-0.25, -0.2) is 8.42 Å². The number of rotatable bonds is 1. The van der Waals surface area contributed by atoms with E-state index >= 15 is 0 Å². The van der Waals surface area contributed by atoms with Crippen molar-refractivity contribution in [3.05, 3.63) is 29.8 Å². The highest BCUT2D eigenvalue weighted by atomic mass is 35.7. The molecule has 1 aromatic rings. The van der Waals surface area contributed by atoms with E-state index in [0.717, 1.165) is 5.56 Å². The van der Waals surface area contributed by atoms with E-state index in [-0.39, 0.29) is 0 Å². The molecule has 0 saturated carbocycles. The van der Waals surface area contributed by atoms with Gasteiger partial charge in [0.15, 0.2) is 0 Å². The predicted molar refractivity (Wildman–Crippen MR) is 54.0 cm³/mol. The molecule has 2 rings (SSSR count). The number of benzene rings is 1. The minimum Gasteiger partial charge on any atom is -0.473 e. The zero-order valence-corrected chi connectivity index (χ0v) is 8.88. The highest BCUT2D eigenvalue weighted by Gasteiger charge is 2.29. The molecule has 5 heteroatoms. The number of hydrogen-bond acceptors (Lipinski definition) is 3. The predicted octanol–water partition coefficient (Wildman–Crippen LogP) is 1.91. The van der Waals surface area contributed by atoms with Crippen LogP contribution in [-0.2, 0) is 15.5 Å². The maximum atomic E-state index is 11.0. The van der Waals surface area contributed by atoms with E-state index in [2.05, 4.69) is 0 Å². The summed E-state index contributed by atoms with van der Waals surface area (Å²) in [6.07, 6.45) is 1.11. The second-order valence-corrected chi connectivity index (χ2v) is 5.94. The summed E-state index contributed by atoms with van der Waals surface area (Å²) in [5.41, 5.74) is 0.128. The minimum absolute atomic E-state index is 0.419. The second-order valence-electron chi connectivity index (χ2n) is 3.17. The molecule has 1 atom stereocenters. The zero-order chi connectivity index (χ0) is 10.2. The fourth-order valence-corrected chi connectivity index (χ4v) is 2.49. The van der Waals surface area contributed by atoms with Gasteiger partial charge in [-0.2, -0.15) is 0 Å². The Labute approximate surface area is 87.1 Å². The van der Waals surface area contributed by atoms with Gasteiger partial charge in [0.05, 0.1) is 0 Å². The van der Waals surface area contributed by atoms with Crippen LogP contribution in [-0.4, -0.2) is 13.9 Å². The Bertz CT molecular complexity index is 441. The van der Waals surface area contributed by atoms with Crippen LogP contribution in [0.3, 0.4) is 0 Å². The SMILES string of the molecule is O=S(=O)(Cl)C1CCc2ccccc2O1. The Morgan fingerprint density at radius 2 is 2.07 bits per heavy atom. The maximum absolute atomic E-state index is 11.0. The first kappa shape index (κ1) is 9.80. The van der Waals surface area contributed by atoms with E-state index in [9.17, 15) is 8.42 Å². The summed E-state index contributed by atoms with van der Waals surface area (Å²) in [6.45, 7) is 0. The number of hydrogen-bond donors (Lipinski definition) is 0. The van der Waals surface area contributed by atoms with Gasteiger partial charge in [0, 0.05) is 17.1 Å². The molecular formula is C9H9ClO3S. The lowest BCUT2D eigenvalue weighted by molar-refractivity contribution is 0.245. The van der Waals surface area contributed by atoms with Gasteiger partial charge >= 0.3 is 0 Å². The lowest BCUT2D eigenvalue weighted by atomic mass is 10.1. The molecule has 0 fully saturated rings. The smallest absolute Gasteiger partial charge is 0.270 e. The number of fused-ring (bicyclic) bond motifs is 1. The molecule has 0 aliphatic carbocycles. The van der Waals surface area contributed by atoms with Crippen molar-refractivity contribution >= 4 is 19.7 Å². The number of halogens is 1. The Hall–Kier alpha value is -0.740. The third kappa shape index (κ3) is 1.86. The minimum atomic E-state index is -3.62. The third-order valence-electron chi connectivity index (χ3n) is 2.19. The first-order chi connectivity index (χ1) is 6.57. The molecule has 1 aliphatic heterocycles. The molecule has 0 bridgehead atoms. The molecule has 1 unspecified atom stereocenters. The van der Waals surface area contributed by atoms with Crippen molar-refractivity contribution in [2.45, 2.75) is 18.3 Å². The van der Waals surface area contributed by atoms with E-state index < -0.39 is 14.5 Å². The lowest BCUT2D eigenvalue weighted by Crippen LogP contribution is -2.27. The summed E-state index contributed by atoms with van der Waals surface area (Å²) in [5, 5.41) is 0. The van der Waals surface area contributed by atoms with Gasteiger partial charge in [-0.05, 0) is 18.1 Å². The molecule has 0 radical (unpaired) electrons. The quantitative estimate of drug-likeness (QED) is 0.695. The summed E-state index contributed by atoms with van der Waals surface area (Å²) >= 11 is 0. The van der Waals surface area contributed by atoms with Crippen molar-refractivity contribution in [2.24, 2.45) is 0 Å². The van der Waals surface area contributed by atoms with Crippen LogP contribution in [0.5, 0.6) is 5.75 Å². The average Bonchev–Trinajstić information content (AvgIpc) is 2.16. The van der Waals surface area contributed by atoms with Gasteiger partial charge in [-0.1, -0.05) is 18.2 Å². The summed E-state index contributed by atoms with van der Waals surface area (Å²) in [6, 6.07) is 7.38. The Morgan fingerprint density at radius 3 is 2.79 bits per heavy atom. The Balaban J connectivity index is 2.30. The zero-order valence-electron chi connectivity index (χ0n) is 7.31. The van der Waals surface area contributed by atoms with Crippen LogP contribution >= 0.6 is 10.7 Å². The van der Waals surface area contributed by atoms with Gasteiger partial charge in [0.1, 0.15) is 5.75 Å². The summed E-state index contributed by atoms with van der Waals surface area (Å²) in [4.78, 5) is 0. The van der Waals surface area contributed by atoms with E-state index in [1.165, 1.54) is 0 Å². The fraction of sp³-hybridized carbons (Fsp3) is 0.333. The van der Waals surface area contributed by atoms with Crippen LogP contribution in [0.25, 0.3) is 0 Å². The van der Waals surface area contributed by atoms with E-state index in [0.29, 0.717) is 18.6 Å². The largest absolute Gasteiger partial charge is 0.473 e. The molecule has 1 aromatic carbocycles. The Morgan fingerprint density at radius 1 is 1.36 bits per heavy atom. The Kier molecular flexibility index (Phi) is 2.41. The maximum Gasteiger partial charge on any atom is 0.270 e. The summed E-state index contributed by atoms with van der Waals surface area (Å²) < 4.78 is 27.3. The molecule has 76 valence electrons. The van der Waals surface area contributed by atoms with E-state index in [1.807, 2.05) is 18.2 Å². The summed E-state index contributed by atoms with van der Waals surface area (Å²) in [7, 11) is 1.61. The fourth-order valence-electron chi connectivity index (χ4n) is 1.50. The first-order valence-corrected chi connectivity index (χ1v) is 6.62. The molecule has 0 aromatic heterocycles. The lowest BCUT2D eigenvalue weighted by Gasteiger charge is -2.23. The highest BCUT2D eigenvalue weighted by Crippen LogP contribution is 2.29. The summed E-state index contributed by atoms with van der Waals surface area (Å²) in [5.74, 6) is 0.618. The molecular weight excluding hydrogens is 224 g/mol. The van der Waals surface area contributed by atoms with Crippen LogP contribution < -0.4 is 4.74 Å². The monoisotopic (exact) mass is 232 g/mol. The van der Waals surface area contributed by atoms with Crippen LogP contribution in [0.2, 0.25) is 0 Å². The van der Waals surface area contributed by atoms with Crippen molar-refractivity contribution in [3.8, 4) is 5.75 Å². The average molecular weight is 233 g/mol. The molecule has 0 saturated heterocycles. The van der Waals surface area contributed by atoms with E-state index in [4.69, 9.17) is 15.4 Å². The number of ether oxygens (including phenoxy) is 1. The number of aryl methyl sites for hydroxylation is 1. The third-order valence-corrected chi connectivity index (χ3v) is 3.75. The molecule has 1 heterocycles. The first-order valence-electron chi connectivity index (χ1n) is 4.25. The van der Waals surface area contributed by atoms with Crippen molar-refractivity contribution in [2.75, 3.05) is 0 Å². The van der Waals surface area contributed by atoms with E-state index in [1.54, 1.807) is 6.07 Å². The molecule has 0 amide bonds. The molecule has 3 nitrogen and oxygen atoms in total. The molecule has 0 N–H and O–H groups in total. The van der Waals surface area contributed by atoms with Gasteiger partial charge in [0.2, 0.25) is 5.44 Å². The molecule has 14 heavy (non-hydrogen) atoms. The highest BCUT2D eigenvalue weighted by molar-refractivity contribution is 8.14. The van der Waals surface area contributed by atoms with Crippen molar-refractivity contribution in [1.82, 2.24) is 0 Å². The van der Waals surface area contributed by atoms with Crippen LogP contribution in [0.4, 0.5) is 0 Å². The second kappa shape index (κ2) is 3.44. The number of para-hydroxylation sites is 1. The van der Waals surface area contributed by atoms with Crippen molar-refractivity contribution in [3.63, 3.8) is 0 Å². The van der Waals surface area contributed by atoms with Gasteiger partial charge in [-0.3, -0.25) is 0 Å². The topological polar surface area (TPSA) is 43.4 Å². The van der Waals surface area contributed by atoms with Crippen molar-refractivity contribution in [1.29, 1.82) is 0 Å². The standard InChI is InChI=1S/C9H9ClO3S/c10-14(11,12)9-6-5-7-3-1-2-4-8(7)13-9/h1-4,9H,5-6H2. The van der Waals surface area contributed by atoms with Gasteiger partial charge in [0.25, 0.3) is 9.05 Å². The van der Waals surface area contributed by atoms with Crippen molar-refractivity contribution < 1.29 is 13.2 Å². The van der Waals surface area contributed by atoms with Crippen LogP contribution in [0.1, 0.15) is 12.0 Å². The molecule has 1 aliphatic rings. The van der Waals surface area contributed by atoms with Crippen LogP contribution in [0, 0.1) is 0 Å².